The Morgan fingerprint density at radius 3 is 2.45 bits per heavy atom. The average Bonchev–Trinajstić information content (AvgIpc) is 3.18. The van der Waals surface area contributed by atoms with Crippen molar-refractivity contribution in [2.75, 3.05) is 26.0 Å². The number of hydrogen-bond donors (Lipinski definition) is 1. The molecule has 1 heterocycles. The number of rotatable bonds is 8. The molecule has 1 amide bonds. The molecular weight excluding hydrogens is 388 g/mol. The lowest BCUT2D eigenvalue weighted by molar-refractivity contribution is -0.115. The van der Waals surface area contributed by atoms with E-state index in [9.17, 15) is 4.79 Å². The molecular formula is C25H26N4O2. The Morgan fingerprint density at radius 1 is 0.968 bits per heavy atom. The van der Waals surface area contributed by atoms with Gasteiger partial charge >= 0.3 is 0 Å². The molecule has 1 N–H and O–H groups in total. The van der Waals surface area contributed by atoms with Gasteiger partial charge in [-0.3, -0.25) is 9.48 Å². The minimum Gasteiger partial charge on any atom is -0.457 e. The molecule has 158 valence electrons. The first kappa shape index (κ1) is 20.6. The van der Waals surface area contributed by atoms with Gasteiger partial charge in [-0.15, -0.1) is 0 Å². The van der Waals surface area contributed by atoms with Crippen LogP contribution in [0.4, 0.5) is 5.69 Å². The highest BCUT2D eigenvalue weighted by Crippen LogP contribution is 2.24. The maximum absolute atomic E-state index is 12.6. The van der Waals surface area contributed by atoms with E-state index in [1.807, 2.05) is 97.8 Å². The number of likely N-dealkylation sites (N-methyl/N-ethyl adjacent to an activating group) is 1. The van der Waals surface area contributed by atoms with E-state index in [1.54, 1.807) is 0 Å². The number of fused-ring (bicyclic) bond motifs is 1. The first-order valence-electron chi connectivity index (χ1n) is 10.3. The number of carbonyl (C=O) groups is 1. The minimum absolute atomic E-state index is 0.0646. The summed E-state index contributed by atoms with van der Waals surface area (Å²) in [7, 11) is 4.08. The van der Waals surface area contributed by atoms with Crippen molar-refractivity contribution in [1.29, 1.82) is 0 Å². The Hall–Kier alpha value is -3.64. The summed E-state index contributed by atoms with van der Waals surface area (Å²) >= 11 is 0. The summed E-state index contributed by atoms with van der Waals surface area (Å²) in [5.74, 6) is 1.46. The number of para-hydroxylation sites is 1. The molecule has 0 unspecified atom stereocenters. The van der Waals surface area contributed by atoms with Gasteiger partial charge < -0.3 is 15.0 Å². The molecule has 1 aromatic heterocycles. The number of carbonyl (C=O) groups excluding carboxylic acids is 1. The van der Waals surface area contributed by atoms with Crippen molar-refractivity contribution in [2.45, 2.75) is 13.0 Å². The van der Waals surface area contributed by atoms with Crippen LogP contribution in [0.2, 0.25) is 0 Å². The van der Waals surface area contributed by atoms with Gasteiger partial charge in [-0.2, -0.15) is 5.10 Å². The molecule has 0 fully saturated rings. The number of benzene rings is 3. The zero-order valence-electron chi connectivity index (χ0n) is 17.8. The molecule has 0 radical (unpaired) electrons. The highest BCUT2D eigenvalue weighted by atomic mass is 16.5. The summed E-state index contributed by atoms with van der Waals surface area (Å²) < 4.78 is 7.77. The molecule has 4 aromatic rings. The molecule has 6 heteroatoms. The Bertz CT molecular complexity index is 1150. The topological polar surface area (TPSA) is 59.4 Å². The zero-order valence-corrected chi connectivity index (χ0v) is 17.8. The molecule has 0 aliphatic rings. The van der Waals surface area contributed by atoms with Crippen LogP contribution in [0.3, 0.4) is 0 Å². The average molecular weight is 415 g/mol. The first-order chi connectivity index (χ1) is 15.1. The molecule has 6 nitrogen and oxygen atoms in total. The normalized spacial score (nSPS) is 11.1. The zero-order chi connectivity index (χ0) is 21.6. The second kappa shape index (κ2) is 9.45. The highest BCUT2D eigenvalue weighted by molar-refractivity contribution is 6.01. The van der Waals surface area contributed by atoms with E-state index >= 15 is 0 Å². The van der Waals surface area contributed by atoms with E-state index in [-0.39, 0.29) is 12.3 Å². The van der Waals surface area contributed by atoms with Crippen LogP contribution in [0, 0.1) is 0 Å². The van der Waals surface area contributed by atoms with Gasteiger partial charge in [-0.05, 0) is 56.1 Å². The van der Waals surface area contributed by atoms with Crippen LogP contribution in [0.15, 0.2) is 79.0 Å². The van der Waals surface area contributed by atoms with Crippen LogP contribution in [-0.2, 0) is 17.8 Å². The Labute approximate surface area is 182 Å². The summed E-state index contributed by atoms with van der Waals surface area (Å²) in [6, 6.07) is 23.1. The van der Waals surface area contributed by atoms with Crippen LogP contribution in [0.5, 0.6) is 11.5 Å². The maximum atomic E-state index is 12.6. The monoisotopic (exact) mass is 414 g/mol. The molecule has 0 saturated heterocycles. The first-order valence-corrected chi connectivity index (χ1v) is 10.3. The molecule has 3 aromatic carbocycles. The second-order valence-electron chi connectivity index (χ2n) is 7.69. The summed E-state index contributed by atoms with van der Waals surface area (Å²) in [5.41, 5.74) is 2.72. The minimum atomic E-state index is -0.0646. The molecule has 0 spiro atoms. The van der Waals surface area contributed by atoms with Gasteiger partial charge in [-0.1, -0.05) is 36.4 Å². The summed E-state index contributed by atoms with van der Waals surface area (Å²) in [5, 5.41) is 8.47. The van der Waals surface area contributed by atoms with Gasteiger partial charge in [0.15, 0.2) is 0 Å². The highest BCUT2D eigenvalue weighted by Gasteiger charge is 2.11. The maximum Gasteiger partial charge on any atom is 0.228 e. The molecule has 0 saturated carbocycles. The third kappa shape index (κ3) is 5.29. The lowest BCUT2D eigenvalue weighted by atomic mass is 10.1. The molecule has 0 bridgehead atoms. The molecule has 0 aliphatic carbocycles. The van der Waals surface area contributed by atoms with Crippen molar-refractivity contribution in [3.63, 3.8) is 0 Å². The SMILES string of the molecule is CN(C)CCn1ncc2c(NC(=O)Cc3ccc(Oc4ccccc4)cc3)cccc21. The predicted molar refractivity (Wildman–Crippen MR) is 124 cm³/mol. The standard InChI is InChI=1S/C25H26N4O2/c1-28(2)15-16-29-24-10-6-9-23(22(24)18-26-29)27-25(30)17-19-11-13-21(14-12-19)31-20-7-4-3-5-8-20/h3-14,18H,15-17H2,1-2H3,(H,27,30). The Balaban J connectivity index is 1.40. The number of aromatic nitrogens is 2. The van der Waals surface area contributed by atoms with E-state index in [1.165, 1.54) is 0 Å². The van der Waals surface area contributed by atoms with Gasteiger partial charge in [0.1, 0.15) is 11.5 Å². The number of amides is 1. The van der Waals surface area contributed by atoms with Gasteiger partial charge in [0.25, 0.3) is 0 Å². The molecule has 31 heavy (non-hydrogen) atoms. The van der Waals surface area contributed by atoms with Crippen molar-refractivity contribution in [3.8, 4) is 11.5 Å². The van der Waals surface area contributed by atoms with E-state index < -0.39 is 0 Å². The van der Waals surface area contributed by atoms with Crippen LogP contribution >= 0.6 is 0 Å². The summed E-state index contributed by atoms with van der Waals surface area (Å²) in [4.78, 5) is 14.8. The van der Waals surface area contributed by atoms with E-state index in [2.05, 4.69) is 15.3 Å². The lowest BCUT2D eigenvalue weighted by Gasteiger charge is -2.11. The number of nitrogens with zero attached hydrogens (tertiary/aromatic N) is 3. The molecule has 0 atom stereocenters. The molecule has 4 rings (SSSR count). The quantitative estimate of drug-likeness (QED) is 0.459. The van der Waals surface area contributed by atoms with E-state index in [0.717, 1.165) is 46.7 Å². The van der Waals surface area contributed by atoms with Gasteiger partial charge in [0, 0.05) is 11.9 Å². The van der Waals surface area contributed by atoms with Gasteiger partial charge in [0.2, 0.25) is 5.91 Å². The largest absolute Gasteiger partial charge is 0.457 e. The van der Waals surface area contributed by atoms with Crippen molar-refractivity contribution in [1.82, 2.24) is 14.7 Å². The smallest absolute Gasteiger partial charge is 0.228 e. The lowest BCUT2D eigenvalue weighted by Crippen LogP contribution is -2.18. The van der Waals surface area contributed by atoms with Crippen molar-refractivity contribution >= 4 is 22.5 Å². The fourth-order valence-corrected chi connectivity index (χ4v) is 3.37. The summed E-state index contributed by atoms with van der Waals surface area (Å²) in [6.07, 6.45) is 2.10. The van der Waals surface area contributed by atoms with Crippen LogP contribution in [-0.4, -0.2) is 41.2 Å². The third-order valence-corrected chi connectivity index (χ3v) is 4.99. The van der Waals surface area contributed by atoms with Gasteiger partial charge in [0.05, 0.1) is 30.4 Å². The predicted octanol–water partition coefficient (Wildman–Crippen LogP) is 4.57. The number of nitrogens with one attached hydrogen (secondary N) is 1. The Morgan fingerprint density at radius 2 is 1.71 bits per heavy atom. The van der Waals surface area contributed by atoms with Crippen LogP contribution in [0.25, 0.3) is 10.9 Å². The van der Waals surface area contributed by atoms with Gasteiger partial charge in [-0.25, -0.2) is 0 Å². The van der Waals surface area contributed by atoms with Crippen molar-refractivity contribution in [3.05, 3.63) is 84.6 Å². The third-order valence-electron chi connectivity index (χ3n) is 4.99. The number of anilines is 1. The van der Waals surface area contributed by atoms with Crippen LogP contribution in [0.1, 0.15) is 5.56 Å². The number of hydrogen-bond acceptors (Lipinski definition) is 4. The van der Waals surface area contributed by atoms with Crippen molar-refractivity contribution < 1.29 is 9.53 Å². The summed E-state index contributed by atoms with van der Waals surface area (Å²) in [6.45, 7) is 1.70. The van der Waals surface area contributed by atoms with E-state index in [4.69, 9.17) is 4.74 Å². The fourth-order valence-electron chi connectivity index (χ4n) is 3.37. The second-order valence-corrected chi connectivity index (χ2v) is 7.69. The molecule has 0 aliphatic heterocycles. The fraction of sp³-hybridized carbons (Fsp3) is 0.200. The van der Waals surface area contributed by atoms with E-state index in [0.29, 0.717) is 0 Å². The van der Waals surface area contributed by atoms with Crippen LogP contribution < -0.4 is 10.1 Å². The number of ether oxygens (including phenoxy) is 1. The van der Waals surface area contributed by atoms with Crippen molar-refractivity contribution in [2.24, 2.45) is 0 Å². The Kier molecular flexibility index (Phi) is 6.29.